The molecule has 0 unspecified atom stereocenters. The standard InChI is InChI=1S/C55H45N/c1-7-8-17-43-35(2)19-20-39-23-27-41(31-46(39)43)56(40-25-21-37(22-26-40)36-14-10-9-11-15-36)42-28-29-45-47-33-52-48(34-51(47)55(5,6)50(45)32-42)53-44-18-13-12-16-38(44)24-30-49(53)54(52,3)4/h7-34H,2H2,1,3-6H3/b8-7-,43-17+. The van der Waals surface area contributed by atoms with E-state index in [4.69, 9.17) is 0 Å². The molecule has 0 saturated carbocycles. The predicted molar refractivity (Wildman–Crippen MR) is 241 cm³/mol. The number of hydrogen-bond acceptors (Lipinski definition) is 1. The maximum Gasteiger partial charge on any atom is 0.0468 e. The van der Waals surface area contributed by atoms with Crippen LogP contribution in [-0.2, 0) is 10.8 Å². The summed E-state index contributed by atoms with van der Waals surface area (Å²) in [5.74, 6) is 0. The monoisotopic (exact) mass is 719 g/mol. The zero-order valence-corrected chi connectivity index (χ0v) is 32.8. The highest BCUT2D eigenvalue weighted by Crippen LogP contribution is 2.58. The van der Waals surface area contributed by atoms with Crippen molar-refractivity contribution in [3.63, 3.8) is 0 Å². The van der Waals surface area contributed by atoms with Gasteiger partial charge in [-0.2, -0.15) is 0 Å². The number of anilines is 3. The Morgan fingerprint density at radius 1 is 0.482 bits per heavy atom. The topological polar surface area (TPSA) is 3.24 Å². The maximum absolute atomic E-state index is 4.41. The summed E-state index contributed by atoms with van der Waals surface area (Å²) in [4.78, 5) is 2.42. The minimum absolute atomic E-state index is 0.0908. The number of fused-ring (bicyclic) bond motifs is 9. The van der Waals surface area contributed by atoms with E-state index in [1.54, 1.807) is 0 Å². The van der Waals surface area contributed by atoms with Gasteiger partial charge in [-0.25, -0.2) is 0 Å². The van der Waals surface area contributed by atoms with Crippen molar-refractivity contribution >= 4 is 51.3 Å². The number of hydrogen-bond donors (Lipinski definition) is 0. The summed E-state index contributed by atoms with van der Waals surface area (Å²) in [6, 6.07) is 56.5. The summed E-state index contributed by atoms with van der Waals surface area (Å²) in [6.45, 7) is 16.1. The van der Waals surface area contributed by atoms with Crippen LogP contribution in [0.5, 0.6) is 0 Å². The zero-order chi connectivity index (χ0) is 38.3. The van der Waals surface area contributed by atoms with Crippen LogP contribution in [0.4, 0.5) is 17.1 Å². The fourth-order valence-electron chi connectivity index (χ4n) is 9.64. The molecule has 8 aromatic rings. The molecule has 0 aliphatic heterocycles. The lowest BCUT2D eigenvalue weighted by Gasteiger charge is -2.28. The quantitative estimate of drug-likeness (QED) is 0.171. The Kier molecular flexibility index (Phi) is 7.64. The smallest absolute Gasteiger partial charge is 0.0468 e. The van der Waals surface area contributed by atoms with Crippen molar-refractivity contribution in [2.75, 3.05) is 4.90 Å². The lowest BCUT2D eigenvalue weighted by atomic mass is 9.79. The van der Waals surface area contributed by atoms with Crippen molar-refractivity contribution in [2.45, 2.75) is 45.4 Å². The Hall–Kier alpha value is -6.44. The van der Waals surface area contributed by atoms with E-state index in [1.807, 2.05) is 0 Å². The molecule has 1 heteroatoms. The molecule has 2 aliphatic carbocycles. The molecular weight excluding hydrogens is 675 g/mol. The first-order chi connectivity index (χ1) is 27.1. The molecular formula is C55H45N. The first-order valence-electron chi connectivity index (χ1n) is 19.8. The molecule has 0 atom stereocenters. The Labute approximate surface area is 330 Å². The van der Waals surface area contributed by atoms with Crippen LogP contribution in [0.15, 0.2) is 164 Å². The Morgan fingerprint density at radius 2 is 1.07 bits per heavy atom. The third-order valence-corrected chi connectivity index (χ3v) is 12.7. The average Bonchev–Trinajstić information content (AvgIpc) is 3.59. The van der Waals surface area contributed by atoms with Crippen LogP contribution in [0.25, 0.3) is 67.6 Å². The van der Waals surface area contributed by atoms with Crippen molar-refractivity contribution < 1.29 is 0 Å². The Bertz CT molecular complexity index is 3030. The minimum Gasteiger partial charge on any atom is -0.310 e. The summed E-state index contributed by atoms with van der Waals surface area (Å²) in [5, 5.41) is 7.21. The van der Waals surface area contributed by atoms with Gasteiger partial charge in [-0.05, 0) is 143 Å². The normalized spacial score (nSPS) is 14.9. The van der Waals surface area contributed by atoms with Gasteiger partial charge in [0.25, 0.3) is 0 Å². The van der Waals surface area contributed by atoms with Gasteiger partial charge in [0, 0.05) is 27.9 Å². The SMILES string of the molecule is C=c1ccc2ccc(N(c3ccc(-c4ccccc4)cc3)c3ccc4c(c3)C(C)(C)c3cc5c(cc3-4)C(C)(C)c3ccc4ccccc4c3-5)cc2/c1=C/C=C\C. The van der Waals surface area contributed by atoms with Crippen LogP contribution in [0, 0.1) is 0 Å². The second-order valence-corrected chi connectivity index (χ2v) is 16.6. The summed E-state index contributed by atoms with van der Waals surface area (Å²) in [6.07, 6.45) is 6.36. The van der Waals surface area contributed by atoms with Gasteiger partial charge < -0.3 is 4.90 Å². The van der Waals surface area contributed by atoms with Crippen molar-refractivity contribution in [3.8, 4) is 33.4 Å². The molecule has 0 saturated heterocycles. The second kappa shape index (κ2) is 12.5. The highest BCUT2D eigenvalue weighted by Gasteiger charge is 2.42. The molecule has 0 fully saturated rings. The predicted octanol–water partition coefficient (Wildman–Crippen LogP) is 13.5. The van der Waals surface area contributed by atoms with Gasteiger partial charge in [0.1, 0.15) is 0 Å². The number of benzene rings is 8. The first kappa shape index (κ1) is 34.1. The molecule has 0 spiro atoms. The third kappa shape index (κ3) is 5.07. The van der Waals surface area contributed by atoms with E-state index in [0.29, 0.717) is 0 Å². The molecule has 1 nitrogen and oxygen atoms in total. The van der Waals surface area contributed by atoms with Crippen LogP contribution in [-0.4, -0.2) is 0 Å². The molecule has 2 aliphatic rings. The van der Waals surface area contributed by atoms with Crippen molar-refractivity contribution in [1.82, 2.24) is 0 Å². The Morgan fingerprint density at radius 3 is 1.88 bits per heavy atom. The van der Waals surface area contributed by atoms with E-state index in [0.717, 1.165) is 27.5 Å². The molecule has 0 N–H and O–H groups in total. The van der Waals surface area contributed by atoms with Crippen LogP contribution in [0.2, 0.25) is 0 Å². The fourth-order valence-corrected chi connectivity index (χ4v) is 9.64. The first-order valence-corrected chi connectivity index (χ1v) is 19.8. The molecule has 270 valence electrons. The average molecular weight is 720 g/mol. The van der Waals surface area contributed by atoms with Gasteiger partial charge in [0.15, 0.2) is 0 Å². The van der Waals surface area contributed by atoms with Crippen molar-refractivity contribution in [1.29, 1.82) is 0 Å². The Balaban J connectivity index is 1.15. The van der Waals surface area contributed by atoms with Gasteiger partial charge >= 0.3 is 0 Å². The van der Waals surface area contributed by atoms with E-state index in [1.165, 1.54) is 77.2 Å². The highest BCUT2D eigenvalue weighted by molar-refractivity contribution is 6.04. The van der Waals surface area contributed by atoms with E-state index >= 15 is 0 Å². The highest BCUT2D eigenvalue weighted by atomic mass is 15.1. The van der Waals surface area contributed by atoms with Gasteiger partial charge in [-0.15, -0.1) is 0 Å². The van der Waals surface area contributed by atoms with Crippen molar-refractivity contribution in [2.24, 2.45) is 0 Å². The van der Waals surface area contributed by atoms with Crippen LogP contribution in [0.3, 0.4) is 0 Å². The van der Waals surface area contributed by atoms with Gasteiger partial charge in [-0.1, -0.05) is 156 Å². The number of rotatable bonds is 5. The summed E-state index contributed by atoms with van der Waals surface area (Å²) >= 11 is 0. The fraction of sp³-hybridized carbons (Fsp3) is 0.127. The summed E-state index contributed by atoms with van der Waals surface area (Å²) in [5.41, 5.74) is 16.6. The van der Waals surface area contributed by atoms with Gasteiger partial charge in [0.2, 0.25) is 0 Å². The molecule has 56 heavy (non-hydrogen) atoms. The summed E-state index contributed by atoms with van der Waals surface area (Å²) in [7, 11) is 0. The van der Waals surface area contributed by atoms with Crippen LogP contribution >= 0.6 is 0 Å². The second-order valence-electron chi connectivity index (χ2n) is 16.6. The summed E-state index contributed by atoms with van der Waals surface area (Å²) < 4.78 is 0. The zero-order valence-electron chi connectivity index (χ0n) is 32.8. The van der Waals surface area contributed by atoms with E-state index in [9.17, 15) is 0 Å². The molecule has 0 heterocycles. The molecule has 10 rings (SSSR count). The van der Waals surface area contributed by atoms with Crippen LogP contribution in [0.1, 0.15) is 56.9 Å². The number of allylic oxidation sites excluding steroid dienone is 2. The van der Waals surface area contributed by atoms with Crippen LogP contribution < -0.4 is 15.3 Å². The largest absolute Gasteiger partial charge is 0.310 e. The molecule has 8 aromatic carbocycles. The molecule has 0 aromatic heterocycles. The molecule has 0 bridgehead atoms. The van der Waals surface area contributed by atoms with E-state index < -0.39 is 0 Å². The van der Waals surface area contributed by atoms with Gasteiger partial charge in [-0.3, -0.25) is 0 Å². The lowest BCUT2D eigenvalue weighted by Crippen LogP contribution is -2.23. The lowest BCUT2D eigenvalue weighted by molar-refractivity contribution is 0.652. The molecule has 0 amide bonds. The maximum atomic E-state index is 4.41. The van der Waals surface area contributed by atoms with Crippen molar-refractivity contribution in [3.05, 3.63) is 197 Å². The molecule has 0 radical (unpaired) electrons. The number of nitrogens with zero attached hydrogens (tertiary/aromatic N) is 1. The van der Waals surface area contributed by atoms with E-state index in [2.05, 4.69) is 216 Å². The van der Waals surface area contributed by atoms with Gasteiger partial charge in [0.05, 0.1) is 0 Å². The third-order valence-electron chi connectivity index (χ3n) is 12.7. The minimum atomic E-state index is -0.198. The van der Waals surface area contributed by atoms with E-state index in [-0.39, 0.29) is 10.8 Å².